The first-order valence-electron chi connectivity index (χ1n) is 7.39. The monoisotopic (exact) mass is 337 g/mol. The lowest BCUT2D eigenvalue weighted by molar-refractivity contribution is 0.0931. The van der Waals surface area contributed by atoms with Crippen molar-refractivity contribution in [3.8, 4) is 0 Å². The number of hydrogen-bond donors (Lipinski definition) is 1. The Morgan fingerprint density at radius 3 is 2.35 bits per heavy atom. The maximum atomic E-state index is 13.4. The fourth-order valence-corrected chi connectivity index (χ4v) is 2.60. The van der Waals surface area contributed by atoms with Crippen LogP contribution in [-0.4, -0.2) is 5.91 Å². The average molecular weight is 338 g/mol. The van der Waals surface area contributed by atoms with Crippen molar-refractivity contribution in [1.82, 2.24) is 5.32 Å². The third kappa shape index (κ3) is 4.52. The summed E-state index contributed by atoms with van der Waals surface area (Å²) < 4.78 is 26.5. The molecule has 0 heterocycles. The molecule has 0 bridgehead atoms. The minimum atomic E-state index is -1.10. The molecule has 0 aliphatic carbocycles. The molecule has 0 fully saturated rings. The van der Waals surface area contributed by atoms with Crippen molar-refractivity contribution in [3.05, 3.63) is 70.2 Å². The van der Waals surface area contributed by atoms with Crippen molar-refractivity contribution < 1.29 is 13.6 Å². The van der Waals surface area contributed by atoms with Crippen molar-refractivity contribution in [2.75, 3.05) is 0 Å². The summed E-state index contributed by atoms with van der Waals surface area (Å²) in [6.07, 6.45) is 0.719. The third-order valence-corrected chi connectivity index (χ3v) is 3.78. The van der Waals surface area contributed by atoms with Crippen LogP contribution in [0.1, 0.15) is 42.2 Å². The van der Waals surface area contributed by atoms with E-state index < -0.39 is 17.5 Å². The fraction of sp³-hybridized carbons (Fsp3) is 0.278. The minimum absolute atomic E-state index is 0.0738. The number of benzene rings is 2. The van der Waals surface area contributed by atoms with E-state index in [0.717, 1.165) is 24.1 Å². The number of rotatable bonds is 5. The summed E-state index contributed by atoms with van der Waals surface area (Å²) in [5.41, 5.74) is 0.878. The van der Waals surface area contributed by atoms with Gasteiger partial charge in [0.25, 0.3) is 5.91 Å². The number of carbonyl (C=O) groups is 1. The number of halogens is 3. The Morgan fingerprint density at radius 1 is 1.13 bits per heavy atom. The van der Waals surface area contributed by atoms with Crippen molar-refractivity contribution in [2.24, 2.45) is 5.92 Å². The molecule has 2 nitrogen and oxygen atoms in total. The third-order valence-electron chi connectivity index (χ3n) is 3.47. The summed E-state index contributed by atoms with van der Waals surface area (Å²) in [7, 11) is 0. The molecular formula is C18H18ClF2NO. The van der Waals surface area contributed by atoms with Gasteiger partial charge in [-0.1, -0.05) is 55.8 Å². The molecule has 0 spiro atoms. The Labute approximate surface area is 139 Å². The standard InChI is InChI=1S/C18H18ClF2NO/c1-11(2)8-17(12-6-4-3-5-7-12)22-18(23)13-9-15(20)16(21)10-14(13)19/h3-7,9-11,17H,8H2,1-2H3,(H,22,23)/t17-/m1/s1. The van der Waals surface area contributed by atoms with E-state index in [4.69, 9.17) is 11.6 Å². The number of nitrogens with one attached hydrogen (secondary N) is 1. The largest absolute Gasteiger partial charge is 0.345 e. The average Bonchev–Trinajstić information content (AvgIpc) is 2.50. The van der Waals surface area contributed by atoms with Gasteiger partial charge in [-0.05, 0) is 30.0 Å². The summed E-state index contributed by atoms with van der Waals surface area (Å²) in [5, 5.41) is 2.74. The quantitative estimate of drug-likeness (QED) is 0.752. The van der Waals surface area contributed by atoms with E-state index >= 15 is 0 Å². The van der Waals surface area contributed by atoms with Crippen molar-refractivity contribution in [1.29, 1.82) is 0 Å². The number of hydrogen-bond acceptors (Lipinski definition) is 1. The van der Waals surface area contributed by atoms with Crippen LogP contribution >= 0.6 is 11.6 Å². The van der Waals surface area contributed by atoms with Gasteiger partial charge in [0.2, 0.25) is 0 Å². The lowest BCUT2D eigenvalue weighted by Crippen LogP contribution is -2.30. The highest BCUT2D eigenvalue weighted by atomic mass is 35.5. The zero-order chi connectivity index (χ0) is 17.0. The molecule has 1 amide bonds. The lowest BCUT2D eigenvalue weighted by atomic mass is 9.96. The topological polar surface area (TPSA) is 29.1 Å². The van der Waals surface area contributed by atoms with Gasteiger partial charge in [-0.2, -0.15) is 0 Å². The second-order valence-corrected chi connectivity index (χ2v) is 6.22. The molecule has 2 rings (SSSR count). The Morgan fingerprint density at radius 2 is 1.74 bits per heavy atom. The van der Waals surface area contributed by atoms with Crippen molar-refractivity contribution in [3.63, 3.8) is 0 Å². The first kappa shape index (κ1) is 17.4. The van der Waals surface area contributed by atoms with Crippen LogP contribution in [0.3, 0.4) is 0 Å². The molecule has 0 radical (unpaired) electrons. The van der Waals surface area contributed by atoms with Crippen LogP contribution in [0.15, 0.2) is 42.5 Å². The summed E-state index contributed by atoms with van der Waals surface area (Å²) in [6.45, 7) is 4.10. The van der Waals surface area contributed by atoms with Gasteiger partial charge in [0, 0.05) is 0 Å². The minimum Gasteiger partial charge on any atom is -0.345 e. The van der Waals surface area contributed by atoms with E-state index in [1.165, 1.54) is 0 Å². The summed E-state index contributed by atoms with van der Waals surface area (Å²) >= 11 is 5.86. The second-order valence-electron chi connectivity index (χ2n) is 5.81. The van der Waals surface area contributed by atoms with Gasteiger partial charge in [0.1, 0.15) is 0 Å². The highest BCUT2D eigenvalue weighted by Gasteiger charge is 2.20. The molecule has 2 aromatic carbocycles. The first-order chi connectivity index (χ1) is 10.9. The van der Waals surface area contributed by atoms with Gasteiger partial charge in [-0.25, -0.2) is 8.78 Å². The van der Waals surface area contributed by atoms with Gasteiger partial charge in [-0.15, -0.1) is 0 Å². The highest BCUT2D eigenvalue weighted by molar-refractivity contribution is 6.33. The van der Waals surface area contributed by atoms with Gasteiger partial charge < -0.3 is 5.32 Å². The van der Waals surface area contributed by atoms with E-state index in [0.29, 0.717) is 5.92 Å². The van der Waals surface area contributed by atoms with Crippen LogP contribution in [0.5, 0.6) is 0 Å². The Bertz CT molecular complexity index is 689. The molecule has 23 heavy (non-hydrogen) atoms. The summed E-state index contributed by atoms with van der Waals surface area (Å²) in [6, 6.07) is 10.9. The zero-order valence-electron chi connectivity index (χ0n) is 12.9. The molecule has 1 atom stereocenters. The summed E-state index contributed by atoms with van der Waals surface area (Å²) in [5.74, 6) is -2.35. The Hall–Kier alpha value is -1.94. The molecule has 122 valence electrons. The maximum Gasteiger partial charge on any atom is 0.253 e. The van der Waals surface area contributed by atoms with Crippen LogP contribution in [0.2, 0.25) is 5.02 Å². The Balaban J connectivity index is 2.26. The maximum absolute atomic E-state index is 13.4. The molecule has 2 aromatic rings. The van der Waals surface area contributed by atoms with Crippen LogP contribution in [0.4, 0.5) is 8.78 Å². The van der Waals surface area contributed by atoms with E-state index in [-0.39, 0.29) is 16.6 Å². The SMILES string of the molecule is CC(C)C[C@@H](NC(=O)c1cc(F)c(F)cc1Cl)c1ccccc1. The molecule has 0 aliphatic heterocycles. The van der Waals surface area contributed by atoms with Crippen molar-refractivity contribution in [2.45, 2.75) is 26.3 Å². The van der Waals surface area contributed by atoms with E-state index in [2.05, 4.69) is 5.32 Å². The molecule has 1 N–H and O–H groups in total. The Kier molecular flexibility index (Phi) is 5.72. The van der Waals surface area contributed by atoms with E-state index in [1.807, 2.05) is 44.2 Å². The zero-order valence-corrected chi connectivity index (χ0v) is 13.7. The lowest BCUT2D eigenvalue weighted by Gasteiger charge is -2.21. The smallest absolute Gasteiger partial charge is 0.253 e. The molecule has 0 saturated carbocycles. The molecule has 0 saturated heterocycles. The van der Waals surface area contributed by atoms with Crippen LogP contribution in [0, 0.1) is 17.6 Å². The number of carbonyl (C=O) groups excluding carboxylic acids is 1. The number of amides is 1. The predicted octanol–water partition coefficient (Wildman–Crippen LogP) is 5.14. The fourth-order valence-electron chi connectivity index (χ4n) is 2.37. The van der Waals surface area contributed by atoms with E-state index in [1.54, 1.807) is 0 Å². The molecule has 5 heteroatoms. The molecule has 0 aromatic heterocycles. The predicted molar refractivity (Wildman–Crippen MR) is 87.5 cm³/mol. The molecule has 0 aliphatic rings. The highest BCUT2D eigenvalue weighted by Crippen LogP contribution is 2.24. The van der Waals surface area contributed by atoms with Gasteiger partial charge in [0.15, 0.2) is 11.6 Å². The van der Waals surface area contributed by atoms with Gasteiger partial charge in [-0.3, -0.25) is 4.79 Å². The van der Waals surface area contributed by atoms with Crippen LogP contribution in [0.25, 0.3) is 0 Å². The van der Waals surface area contributed by atoms with E-state index in [9.17, 15) is 13.6 Å². The van der Waals surface area contributed by atoms with Crippen LogP contribution in [-0.2, 0) is 0 Å². The molecule has 0 unspecified atom stereocenters. The second kappa shape index (κ2) is 7.55. The summed E-state index contributed by atoms with van der Waals surface area (Å²) in [4.78, 5) is 12.4. The molecular weight excluding hydrogens is 320 g/mol. The normalized spacial score (nSPS) is 12.3. The van der Waals surface area contributed by atoms with Crippen LogP contribution < -0.4 is 5.32 Å². The first-order valence-corrected chi connectivity index (χ1v) is 7.76. The van der Waals surface area contributed by atoms with Gasteiger partial charge >= 0.3 is 0 Å². The van der Waals surface area contributed by atoms with Gasteiger partial charge in [0.05, 0.1) is 16.6 Å². The van der Waals surface area contributed by atoms with Crippen molar-refractivity contribution >= 4 is 17.5 Å².